The molecule has 1 aliphatic heterocycles. The zero-order valence-corrected chi connectivity index (χ0v) is 20.1. The summed E-state index contributed by atoms with van der Waals surface area (Å²) in [6.45, 7) is 4.59. The van der Waals surface area contributed by atoms with E-state index in [1.54, 1.807) is 7.11 Å². The van der Waals surface area contributed by atoms with Crippen molar-refractivity contribution in [3.8, 4) is 17.0 Å². The molecule has 1 saturated heterocycles. The Bertz CT molecular complexity index is 1310. The number of benzene rings is 2. The normalized spacial score (nSPS) is 14.8. The number of aryl methyl sites for hydroxylation is 1. The molecule has 0 unspecified atom stereocenters. The van der Waals surface area contributed by atoms with Crippen LogP contribution < -0.4 is 15.4 Å². The SMILES string of the molecule is COc1n[nH]c2ncc(-c3ccccc3)c(N3CCN(C(=O)[C@H](N)Cc4ccc(C)cc4)CC3)c12. The summed E-state index contributed by atoms with van der Waals surface area (Å²) >= 11 is 0. The first-order valence-electron chi connectivity index (χ1n) is 11.9. The zero-order chi connectivity index (χ0) is 24.4. The van der Waals surface area contributed by atoms with E-state index in [2.05, 4.69) is 44.3 Å². The number of aromatic amines is 1. The fourth-order valence-corrected chi connectivity index (χ4v) is 4.70. The Morgan fingerprint density at radius 1 is 1.09 bits per heavy atom. The van der Waals surface area contributed by atoms with Gasteiger partial charge in [-0.3, -0.25) is 9.89 Å². The second kappa shape index (κ2) is 9.76. The average molecular weight is 471 g/mol. The number of amides is 1. The number of ether oxygens (including phenoxy) is 1. The minimum absolute atomic E-state index is 0.00530. The fraction of sp³-hybridized carbons (Fsp3) is 0.296. The summed E-state index contributed by atoms with van der Waals surface area (Å²) in [6, 6.07) is 17.8. The van der Waals surface area contributed by atoms with Crippen molar-refractivity contribution in [2.24, 2.45) is 5.73 Å². The van der Waals surface area contributed by atoms with Crippen molar-refractivity contribution < 1.29 is 9.53 Å². The Morgan fingerprint density at radius 3 is 2.49 bits per heavy atom. The van der Waals surface area contributed by atoms with Gasteiger partial charge in [-0.1, -0.05) is 60.2 Å². The topological polar surface area (TPSA) is 100 Å². The van der Waals surface area contributed by atoms with Crippen molar-refractivity contribution in [3.63, 3.8) is 0 Å². The third kappa shape index (κ3) is 4.57. The molecule has 3 N–H and O–H groups in total. The Kier molecular flexibility index (Phi) is 6.37. The van der Waals surface area contributed by atoms with E-state index >= 15 is 0 Å². The lowest BCUT2D eigenvalue weighted by Gasteiger charge is -2.38. The summed E-state index contributed by atoms with van der Waals surface area (Å²) in [5.74, 6) is 0.508. The van der Waals surface area contributed by atoms with Crippen LogP contribution in [0.3, 0.4) is 0 Å². The van der Waals surface area contributed by atoms with Gasteiger partial charge in [0.15, 0.2) is 5.65 Å². The molecule has 180 valence electrons. The Morgan fingerprint density at radius 2 is 1.80 bits per heavy atom. The summed E-state index contributed by atoms with van der Waals surface area (Å²) in [7, 11) is 1.61. The van der Waals surface area contributed by atoms with Crippen LogP contribution in [0.25, 0.3) is 22.2 Å². The molecule has 1 aliphatic rings. The summed E-state index contributed by atoms with van der Waals surface area (Å²) in [5, 5.41) is 8.12. The van der Waals surface area contributed by atoms with Crippen LogP contribution in [0.4, 0.5) is 5.69 Å². The Labute approximate surface area is 204 Å². The van der Waals surface area contributed by atoms with Gasteiger partial charge in [0, 0.05) is 37.9 Å². The van der Waals surface area contributed by atoms with Gasteiger partial charge in [0.2, 0.25) is 11.8 Å². The maximum atomic E-state index is 13.1. The van der Waals surface area contributed by atoms with Gasteiger partial charge in [-0.2, -0.15) is 0 Å². The van der Waals surface area contributed by atoms with Gasteiger partial charge in [0.25, 0.3) is 0 Å². The summed E-state index contributed by atoms with van der Waals surface area (Å²) in [5.41, 5.74) is 12.4. The first-order valence-corrected chi connectivity index (χ1v) is 11.9. The number of fused-ring (bicyclic) bond motifs is 1. The monoisotopic (exact) mass is 470 g/mol. The number of pyridine rings is 1. The van der Waals surface area contributed by atoms with Crippen LogP contribution in [0.2, 0.25) is 0 Å². The van der Waals surface area contributed by atoms with E-state index in [0.29, 0.717) is 44.1 Å². The van der Waals surface area contributed by atoms with Crippen LogP contribution in [0.15, 0.2) is 60.8 Å². The molecular formula is C27H30N6O2. The summed E-state index contributed by atoms with van der Waals surface area (Å²) in [6.07, 6.45) is 2.41. The number of carbonyl (C=O) groups is 1. The molecule has 8 nitrogen and oxygen atoms in total. The second-order valence-electron chi connectivity index (χ2n) is 8.95. The van der Waals surface area contributed by atoms with Gasteiger partial charge < -0.3 is 20.3 Å². The highest BCUT2D eigenvalue weighted by Crippen LogP contribution is 2.40. The van der Waals surface area contributed by atoms with Crippen LogP contribution >= 0.6 is 0 Å². The lowest BCUT2D eigenvalue weighted by molar-refractivity contribution is -0.132. The highest BCUT2D eigenvalue weighted by molar-refractivity contribution is 6.01. The molecule has 4 aromatic rings. The molecular weight excluding hydrogens is 440 g/mol. The van der Waals surface area contributed by atoms with Gasteiger partial charge in [0.1, 0.15) is 5.39 Å². The molecule has 8 heteroatoms. The number of nitrogens with two attached hydrogens (primary N) is 1. The maximum Gasteiger partial charge on any atom is 0.244 e. The summed E-state index contributed by atoms with van der Waals surface area (Å²) in [4.78, 5) is 21.9. The number of nitrogens with zero attached hydrogens (tertiary/aromatic N) is 4. The highest BCUT2D eigenvalue weighted by atomic mass is 16.5. The molecule has 1 fully saturated rings. The van der Waals surface area contributed by atoms with Crippen molar-refractivity contribution >= 4 is 22.6 Å². The lowest BCUT2D eigenvalue weighted by atomic mass is 10.0. The van der Waals surface area contributed by atoms with Crippen molar-refractivity contribution in [2.45, 2.75) is 19.4 Å². The van der Waals surface area contributed by atoms with Crippen LogP contribution in [-0.4, -0.2) is 65.3 Å². The predicted octanol–water partition coefficient (Wildman–Crippen LogP) is 3.16. The van der Waals surface area contributed by atoms with E-state index in [0.717, 1.165) is 27.8 Å². The third-order valence-corrected chi connectivity index (χ3v) is 6.61. The molecule has 35 heavy (non-hydrogen) atoms. The number of piperazine rings is 1. The highest BCUT2D eigenvalue weighted by Gasteiger charge is 2.29. The Balaban J connectivity index is 1.37. The molecule has 0 aliphatic carbocycles. The standard InChI is InChI=1S/C27H30N6O2/c1-18-8-10-19(11-9-18)16-22(28)27(34)33-14-12-32(13-15-33)24-21(20-6-4-3-5-7-20)17-29-25-23(24)26(35-2)31-30-25/h3-11,17,22H,12-16,28H2,1-2H3,(H,29,30,31)/t22-/m1/s1. The van der Waals surface area contributed by atoms with Crippen molar-refractivity contribution in [3.05, 3.63) is 71.9 Å². The molecule has 0 saturated carbocycles. The van der Waals surface area contributed by atoms with Crippen LogP contribution in [0, 0.1) is 6.92 Å². The van der Waals surface area contributed by atoms with E-state index in [-0.39, 0.29) is 5.91 Å². The minimum atomic E-state index is -0.550. The number of anilines is 1. The summed E-state index contributed by atoms with van der Waals surface area (Å²) < 4.78 is 5.55. The predicted molar refractivity (Wildman–Crippen MR) is 138 cm³/mol. The molecule has 2 aromatic heterocycles. The van der Waals surface area contributed by atoms with Crippen LogP contribution in [0.1, 0.15) is 11.1 Å². The maximum absolute atomic E-state index is 13.1. The first kappa shape index (κ1) is 22.9. The number of aromatic nitrogens is 3. The molecule has 0 radical (unpaired) electrons. The fourth-order valence-electron chi connectivity index (χ4n) is 4.70. The van der Waals surface area contributed by atoms with E-state index < -0.39 is 6.04 Å². The van der Waals surface area contributed by atoms with Gasteiger partial charge in [-0.05, 0) is 24.5 Å². The molecule has 5 rings (SSSR count). The third-order valence-electron chi connectivity index (χ3n) is 6.61. The van der Waals surface area contributed by atoms with Crippen molar-refractivity contribution in [2.75, 3.05) is 38.2 Å². The van der Waals surface area contributed by atoms with Gasteiger partial charge >= 0.3 is 0 Å². The largest absolute Gasteiger partial charge is 0.479 e. The molecule has 1 atom stereocenters. The number of hydrogen-bond donors (Lipinski definition) is 2. The zero-order valence-electron chi connectivity index (χ0n) is 20.1. The molecule has 3 heterocycles. The molecule has 0 spiro atoms. The number of hydrogen-bond acceptors (Lipinski definition) is 6. The Hall–Kier alpha value is -3.91. The number of methoxy groups -OCH3 is 1. The second-order valence-corrected chi connectivity index (χ2v) is 8.95. The number of H-pyrrole nitrogens is 1. The van der Waals surface area contributed by atoms with Gasteiger partial charge in [0.05, 0.1) is 18.8 Å². The first-order chi connectivity index (χ1) is 17.0. The quantitative estimate of drug-likeness (QED) is 0.449. The van der Waals surface area contributed by atoms with E-state index in [4.69, 9.17) is 10.5 Å². The van der Waals surface area contributed by atoms with Crippen LogP contribution in [-0.2, 0) is 11.2 Å². The minimum Gasteiger partial charge on any atom is -0.479 e. The van der Waals surface area contributed by atoms with E-state index in [9.17, 15) is 4.79 Å². The van der Waals surface area contributed by atoms with E-state index in [1.807, 2.05) is 48.4 Å². The van der Waals surface area contributed by atoms with Crippen molar-refractivity contribution in [1.82, 2.24) is 20.1 Å². The number of nitrogens with one attached hydrogen (secondary N) is 1. The molecule has 0 bridgehead atoms. The average Bonchev–Trinajstić information content (AvgIpc) is 3.33. The smallest absolute Gasteiger partial charge is 0.244 e. The number of carbonyl (C=O) groups excluding carboxylic acids is 1. The van der Waals surface area contributed by atoms with Gasteiger partial charge in [-0.25, -0.2) is 4.98 Å². The van der Waals surface area contributed by atoms with Crippen LogP contribution in [0.5, 0.6) is 5.88 Å². The molecule has 2 aromatic carbocycles. The lowest BCUT2D eigenvalue weighted by Crippen LogP contribution is -2.53. The number of rotatable bonds is 6. The van der Waals surface area contributed by atoms with E-state index in [1.165, 1.54) is 5.56 Å². The molecule has 1 amide bonds. The van der Waals surface area contributed by atoms with Crippen molar-refractivity contribution in [1.29, 1.82) is 0 Å². The van der Waals surface area contributed by atoms with Gasteiger partial charge in [-0.15, -0.1) is 5.10 Å².